The van der Waals surface area contributed by atoms with Gasteiger partial charge in [-0.3, -0.25) is 0 Å². The molecule has 1 aliphatic heterocycles. The predicted molar refractivity (Wildman–Crippen MR) is 67.7 cm³/mol. The third-order valence-corrected chi connectivity index (χ3v) is 3.44. The first-order valence-corrected chi connectivity index (χ1v) is 5.82. The second-order valence-corrected chi connectivity index (χ2v) is 4.74. The summed E-state index contributed by atoms with van der Waals surface area (Å²) in [6, 6.07) is 2.93. The summed E-state index contributed by atoms with van der Waals surface area (Å²) in [5.41, 5.74) is 5.94. The number of nitrogens with one attached hydrogen (secondary N) is 1. The van der Waals surface area contributed by atoms with E-state index in [1.165, 1.54) is 6.07 Å². The molecule has 4 N–H and O–H groups in total. The van der Waals surface area contributed by atoms with Gasteiger partial charge in [0.2, 0.25) is 0 Å². The first-order valence-electron chi connectivity index (χ1n) is 5.82. The van der Waals surface area contributed by atoms with Crippen molar-refractivity contribution in [2.45, 2.75) is 31.9 Å². The summed E-state index contributed by atoms with van der Waals surface area (Å²) in [6.45, 7) is 4.65. The Bertz CT molecular complexity index is 478. The van der Waals surface area contributed by atoms with Crippen LogP contribution < -0.4 is 11.1 Å². The zero-order valence-electron chi connectivity index (χ0n) is 10.4. The van der Waals surface area contributed by atoms with E-state index in [2.05, 4.69) is 10.3 Å². The highest BCUT2D eigenvalue weighted by Gasteiger charge is 2.37. The topological polar surface area (TPSA) is 97.5 Å². The lowest BCUT2D eigenvalue weighted by Crippen LogP contribution is -2.41. The molecule has 1 saturated heterocycles. The molecule has 0 aliphatic carbocycles. The van der Waals surface area contributed by atoms with Gasteiger partial charge in [-0.2, -0.15) is 0 Å². The molecule has 0 radical (unpaired) electrons. The van der Waals surface area contributed by atoms with Crippen LogP contribution in [0.2, 0.25) is 0 Å². The number of nitrogens with two attached hydrogens (primary N) is 1. The highest BCUT2D eigenvalue weighted by atomic mass is 16.5. The van der Waals surface area contributed by atoms with E-state index >= 15 is 0 Å². The molecule has 18 heavy (non-hydrogen) atoms. The molecule has 1 fully saturated rings. The molecule has 0 spiro atoms. The van der Waals surface area contributed by atoms with E-state index in [9.17, 15) is 4.79 Å². The number of nitrogens with zero attached hydrogens (tertiary/aromatic N) is 1. The van der Waals surface area contributed by atoms with Gasteiger partial charge in [0.1, 0.15) is 0 Å². The van der Waals surface area contributed by atoms with Crippen LogP contribution in [0.3, 0.4) is 0 Å². The van der Waals surface area contributed by atoms with Crippen molar-refractivity contribution in [1.29, 1.82) is 0 Å². The van der Waals surface area contributed by atoms with Crippen LogP contribution in [0.1, 0.15) is 30.8 Å². The zero-order chi connectivity index (χ0) is 13.3. The fraction of sp³-hybridized carbons (Fsp3) is 0.500. The number of hydrogen-bond acceptors (Lipinski definition) is 5. The normalized spacial score (nSPS) is 27.1. The van der Waals surface area contributed by atoms with E-state index in [0.29, 0.717) is 18.1 Å². The van der Waals surface area contributed by atoms with Crippen LogP contribution in [0.4, 0.5) is 11.5 Å². The Morgan fingerprint density at radius 1 is 1.67 bits per heavy atom. The van der Waals surface area contributed by atoms with E-state index < -0.39 is 5.97 Å². The molecule has 0 bridgehead atoms. The molecular formula is C12H17N3O3. The fourth-order valence-electron chi connectivity index (χ4n) is 1.96. The van der Waals surface area contributed by atoms with Gasteiger partial charge in [-0.1, -0.05) is 0 Å². The van der Waals surface area contributed by atoms with Gasteiger partial charge in [-0.05, 0) is 32.4 Å². The maximum Gasteiger partial charge on any atom is 0.354 e. The van der Waals surface area contributed by atoms with Gasteiger partial charge in [0.25, 0.3) is 0 Å². The molecule has 6 nitrogen and oxygen atoms in total. The molecular weight excluding hydrogens is 234 g/mol. The summed E-state index contributed by atoms with van der Waals surface area (Å²) in [5, 5.41) is 12.1. The fourth-order valence-corrected chi connectivity index (χ4v) is 1.96. The third-order valence-electron chi connectivity index (χ3n) is 3.44. The Morgan fingerprint density at radius 3 is 2.94 bits per heavy atom. The minimum Gasteiger partial charge on any atom is -0.477 e. The second kappa shape index (κ2) is 4.45. The molecule has 2 unspecified atom stereocenters. The molecule has 6 heteroatoms. The lowest BCUT2D eigenvalue weighted by Gasteiger charge is -2.30. The van der Waals surface area contributed by atoms with E-state index in [1.54, 1.807) is 6.07 Å². The molecule has 1 aliphatic rings. The average Bonchev–Trinajstić information content (AvgIpc) is 2.62. The zero-order valence-corrected chi connectivity index (χ0v) is 10.4. The van der Waals surface area contributed by atoms with Crippen LogP contribution in [0, 0.1) is 0 Å². The number of rotatable bonds is 3. The van der Waals surface area contributed by atoms with Gasteiger partial charge in [0.05, 0.1) is 17.3 Å². The Morgan fingerprint density at radius 2 is 2.39 bits per heavy atom. The highest BCUT2D eigenvalue weighted by Crippen LogP contribution is 2.30. The van der Waals surface area contributed by atoms with Crippen molar-refractivity contribution < 1.29 is 14.6 Å². The Labute approximate surface area is 105 Å². The monoisotopic (exact) mass is 251 g/mol. The van der Waals surface area contributed by atoms with E-state index in [4.69, 9.17) is 15.6 Å². The smallest absolute Gasteiger partial charge is 0.354 e. The first-order chi connectivity index (χ1) is 8.42. The van der Waals surface area contributed by atoms with Gasteiger partial charge >= 0.3 is 5.97 Å². The Balaban J connectivity index is 2.28. The van der Waals surface area contributed by atoms with Gasteiger partial charge in [0.15, 0.2) is 11.5 Å². The van der Waals surface area contributed by atoms with Gasteiger partial charge in [-0.15, -0.1) is 0 Å². The number of carboxylic acids is 1. The number of aromatic carboxylic acids is 1. The van der Waals surface area contributed by atoms with Crippen LogP contribution in [0.15, 0.2) is 12.1 Å². The quantitative estimate of drug-likeness (QED) is 0.750. The molecule has 0 saturated carbocycles. The van der Waals surface area contributed by atoms with Crippen molar-refractivity contribution in [1.82, 2.24) is 4.98 Å². The lowest BCUT2D eigenvalue weighted by molar-refractivity contribution is 0.0690. The van der Waals surface area contributed by atoms with Crippen molar-refractivity contribution in [3.63, 3.8) is 0 Å². The number of carboxylic acid groups (broad SMARTS) is 1. The van der Waals surface area contributed by atoms with E-state index in [-0.39, 0.29) is 17.3 Å². The maximum absolute atomic E-state index is 10.9. The number of pyridine rings is 1. The summed E-state index contributed by atoms with van der Waals surface area (Å²) in [4.78, 5) is 14.9. The number of hydrogen-bond donors (Lipinski definition) is 3. The van der Waals surface area contributed by atoms with Gasteiger partial charge < -0.3 is 20.9 Å². The third kappa shape index (κ3) is 2.24. The van der Waals surface area contributed by atoms with Crippen LogP contribution in [-0.2, 0) is 4.74 Å². The molecule has 1 aromatic heterocycles. The molecule has 2 heterocycles. The molecule has 98 valence electrons. The van der Waals surface area contributed by atoms with Crippen LogP contribution in [-0.4, -0.2) is 34.3 Å². The minimum absolute atomic E-state index is 0.0205. The number of anilines is 2. The molecule has 1 aromatic rings. The summed E-state index contributed by atoms with van der Waals surface area (Å²) < 4.78 is 5.51. The van der Waals surface area contributed by atoms with Crippen LogP contribution in [0.5, 0.6) is 0 Å². The van der Waals surface area contributed by atoms with E-state index in [1.807, 2.05) is 13.8 Å². The average molecular weight is 251 g/mol. The lowest BCUT2D eigenvalue weighted by atomic mass is 9.94. The summed E-state index contributed by atoms with van der Waals surface area (Å²) >= 11 is 0. The molecule has 0 amide bonds. The van der Waals surface area contributed by atoms with Crippen molar-refractivity contribution in [3.8, 4) is 0 Å². The van der Waals surface area contributed by atoms with Crippen LogP contribution in [0.25, 0.3) is 0 Å². The maximum atomic E-state index is 10.9. The predicted octanol–water partition coefficient (Wildman–Crippen LogP) is 1.34. The number of ether oxygens (including phenoxy) is 1. The van der Waals surface area contributed by atoms with Crippen molar-refractivity contribution in [2.75, 3.05) is 17.7 Å². The Hall–Kier alpha value is -1.82. The van der Waals surface area contributed by atoms with Crippen molar-refractivity contribution >= 4 is 17.5 Å². The molecule has 2 atom stereocenters. The molecule has 0 aromatic carbocycles. The summed E-state index contributed by atoms with van der Waals surface area (Å²) in [7, 11) is 0. The van der Waals surface area contributed by atoms with Gasteiger partial charge in [-0.25, -0.2) is 9.78 Å². The minimum atomic E-state index is -1.07. The van der Waals surface area contributed by atoms with Crippen LogP contribution >= 0.6 is 0 Å². The SMILES string of the molecule is CC1OCCC1(C)Nc1nc(C(=O)O)ccc1N. The Kier molecular flexibility index (Phi) is 3.13. The number of aromatic nitrogens is 1. The van der Waals surface area contributed by atoms with Crippen molar-refractivity contribution in [2.24, 2.45) is 0 Å². The van der Waals surface area contributed by atoms with E-state index in [0.717, 1.165) is 6.42 Å². The first kappa shape index (κ1) is 12.6. The largest absolute Gasteiger partial charge is 0.477 e. The number of nitrogen functional groups attached to an aromatic ring is 1. The highest BCUT2D eigenvalue weighted by molar-refractivity contribution is 5.86. The standard InChI is InChI=1S/C12H17N3O3/c1-7-12(2,5-6-18-7)15-10-8(13)3-4-9(14-10)11(16)17/h3-4,7H,5-6,13H2,1-2H3,(H,14,15)(H,16,17). The number of carbonyl (C=O) groups is 1. The summed E-state index contributed by atoms with van der Waals surface area (Å²) in [6.07, 6.45) is 0.847. The van der Waals surface area contributed by atoms with Crippen molar-refractivity contribution in [3.05, 3.63) is 17.8 Å². The summed E-state index contributed by atoms with van der Waals surface area (Å²) in [5.74, 6) is -0.673. The molecule has 2 rings (SSSR count). The van der Waals surface area contributed by atoms with Gasteiger partial charge in [0, 0.05) is 6.61 Å². The second-order valence-electron chi connectivity index (χ2n) is 4.74.